The van der Waals surface area contributed by atoms with Gasteiger partial charge in [0.1, 0.15) is 0 Å². The summed E-state index contributed by atoms with van der Waals surface area (Å²) < 4.78 is 0. The zero-order chi connectivity index (χ0) is 20.5. The van der Waals surface area contributed by atoms with E-state index in [1.807, 2.05) is 0 Å². The van der Waals surface area contributed by atoms with Crippen molar-refractivity contribution in [3.8, 4) is 0 Å². The molecule has 0 aliphatic heterocycles. The van der Waals surface area contributed by atoms with E-state index >= 15 is 0 Å². The van der Waals surface area contributed by atoms with Crippen LogP contribution in [0.1, 0.15) is 73.1 Å². The molecule has 0 aromatic rings. The van der Waals surface area contributed by atoms with Gasteiger partial charge in [-0.2, -0.15) is 0 Å². The van der Waals surface area contributed by atoms with Gasteiger partial charge in [-0.1, -0.05) is 57.1 Å². The van der Waals surface area contributed by atoms with Crippen molar-refractivity contribution in [2.75, 3.05) is 14.1 Å². The normalized spacial score (nSPS) is 41.9. The Morgan fingerprint density at radius 2 is 1.61 bits per heavy atom. The molecular weight excluding hydrogens is 342 g/mol. The lowest BCUT2D eigenvalue weighted by Gasteiger charge is -2.51. The summed E-state index contributed by atoms with van der Waals surface area (Å²) in [4.78, 5) is 14.8. The van der Waals surface area contributed by atoms with Crippen LogP contribution in [0.25, 0.3) is 0 Å². The molecule has 154 valence electrons. The maximum atomic E-state index is 12.4. The van der Waals surface area contributed by atoms with Crippen molar-refractivity contribution in [2.24, 2.45) is 28.1 Å². The molecule has 28 heavy (non-hydrogen) atoms. The molecule has 0 unspecified atom stereocenters. The van der Waals surface area contributed by atoms with Gasteiger partial charge in [0, 0.05) is 11.5 Å². The van der Waals surface area contributed by atoms with Gasteiger partial charge in [0.05, 0.1) is 0 Å². The molecule has 0 heterocycles. The first-order valence-electron chi connectivity index (χ1n) is 11.3. The third-order valence-electron chi connectivity index (χ3n) is 9.54. The molecule has 0 aromatic heterocycles. The Balaban J connectivity index is 1.69. The molecule has 2 heteroatoms. The molecule has 0 spiro atoms. The van der Waals surface area contributed by atoms with Gasteiger partial charge in [-0.3, -0.25) is 4.79 Å². The summed E-state index contributed by atoms with van der Waals surface area (Å²) in [6.07, 6.45) is 14.4. The monoisotopic (exact) mass is 381 g/mol. The van der Waals surface area contributed by atoms with E-state index in [2.05, 4.69) is 64.9 Å². The second-order valence-electron chi connectivity index (χ2n) is 11.3. The van der Waals surface area contributed by atoms with Crippen LogP contribution < -0.4 is 0 Å². The van der Waals surface area contributed by atoms with E-state index in [1.165, 1.54) is 25.7 Å². The fourth-order valence-electron chi connectivity index (χ4n) is 7.68. The molecule has 0 N–H and O–H groups in total. The van der Waals surface area contributed by atoms with Crippen LogP contribution in [0.15, 0.2) is 34.9 Å². The number of fused-ring (bicyclic) bond motifs is 4. The Kier molecular flexibility index (Phi) is 4.62. The van der Waals surface area contributed by atoms with Gasteiger partial charge in [0.25, 0.3) is 0 Å². The van der Waals surface area contributed by atoms with E-state index in [9.17, 15) is 4.79 Å². The maximum Gasteiger partial charge on any atom is 0.156 e. The van der Waals surface area contributed by atoms with Gasteiger partial charge < -0.3 is 4.90 Å². The van der Waals surface area contributed by atoms with Gasteiger partial charge >= 0.3 is 0 Å². The quantitative estimate of drug-likeness (QED) is 0.551. The summed E-state index contributed by atoms with van der Waals surface area (Å²) in [6.45, 7) is 11.6. The van der Waals surface area contributed by atoms with E-state index in [4.69, 9.17) is 0 Å². The highest BCUT2D eigenvalue weighted by Crippen LogP contribution is 2.66. The van der Waals surface area contributed by atoms with Gasteiger partial charge in [-0.15, -0.1) is 0 Å². The van der Waals surface area contributed by atoms with Crippen LogP contribution in [-0.2, 0) is 4.79 Å². The highest BCUT2D eigenvalue weighted by Gasteiger charge is 2.58. The number of ketones is 1. The number of nitrogens with zero attached hydrogens (tertiary/aromatic N) is 1. The van der Waals surface area contributed by atoms with E-state index < -0.39 is 0 Å². The van der Waals surface area contributed by atoms with Crippen molar-refractivity contribution in [1.82, 2.24) is 4.90 Å². The molecule has 4 aliphatic carbocycles. The molecule has 0 aromatic carbocycles. The van der Waals surface area contributed by atoms with Crippen molar-refractivity contribution in [3.05, 3.63) is 34.9 Å². The second-order valence-corrected chi connectivity index (χ2v) is 11.3. The minimum Gasteiger partial charge on any atom is -0.306 e. The zero-order valence-electron chi connectivity index (χ0n) is 19.1. The zero-order valence-corrected chi connectivity index (χ0v) is 19.1. The van der Waals surface area contributed by atoms with Gasteiger partial charge in [0.15, 0.2) is 5.78 Å². The number of carbonyl (C=O) groups excluding carboxylic acids is 1. The van der Waals surface area contributed by atoms with Crippen molar-refractivity contribution in [3.63, 3.8) is 0 Å². The molecule has 0 saturated heterocycles. The first-order valence-corrected chi connectivity index (χ1v) is 11.3. The summed E-state index contributed by atoms with van der Waals surface area (Å²) in [6, 6.07) is 0.619. The van der Waals surface area contributed by atoms with Gasteiger partial charge in [-0.25, -0.2) is 0 Å². The van der Waals surface area contributed by atoms with Crippen molar-refractivity contribution >= 4 is 5.78 Å². The number of hydrogen-bond acceptors (Lipinski definition) is 2. The van der Waals surface area contributed by atoms with Crippen LogP contribution in [0.3, 0.4) is 0 Å². The minimum absolute atomic E-state index is 0.0125. The summed E-state index contributed by atoms with van der Waals surface area (Å²) in [5.41, 5.74) is 4.98. The molecule has 0 amide bonds. The largest absolute Gasteiger partial charge is 0.306 e. The standard InChI is InChI=1S/C26H39NO/c1-17(28)20-13-15-26(5)22-10-9-21-18(16-19(22)12-14-25(20,26)4)8-11-23(27(6)7)24(21,2)3/h8,12-13,21-23H,9-11,14-16H2,1-7H3/t21-,22-,23+,25-,26+/m1/s1. The number of carbonyl (C=O) groups is 1. The summed E-state index contributed by atoms with van der Waals surface area (Å²) >= 11 is 0. The predicted octanol–water partition coefficient (Wildman–Crippen LogP) is 5.95. The molecule has 0 radical (unpaired) electrons. The van der Waals surface area contributed by atoms with Gasteiger partial charge in [-0.05, 0) is 87.8 Å². The van der Waals surface area contributed by atoms with E-state index in [0.717, 1.165) is 18.4 Å². The van der Waals surface area contributed by atoms with E-state index in [1.54, 1.807) is 18.1 Å². The average Bonchev–Trinajstić information content (AvgIpc) is 2.75. The lowest BCUT2D eigenvalue weighted by Crippen LogP contribution is -2.47. The predicted molar refractivity (Wildman–Crippen MR) is 117 cm³/mol. The number of rotatable bonds is 2. The van der Waals surface area contributed by atoms with Crippen molar-refractivity contribution < 1.29 is 4.79 Å². The third kappa shape index (κ3) is 2.59. The Hall–Kier alpha value is -1.15. The smallest absolute Gasteiger partial charge is 0.156 e. The summed E-state index contributed by atoms with van der Waals surface area (Å²) in [5.74, 6) is 1.57. The topological polar surface area (TPSA) is 20.3 Å². The van der Waals surface area contributed by atoms with Crippen molar-refractivity contribution in [1.29, 1.82) is 0 Å². The van der Waals surface area contributed by atoms with E-state index in [0.29, 0.717) is 23.3 Å². The minimum atomic E-state index is 0.0125. The Bertz CT molecular complexity index is 782. The highest BCUT2D eigenvalue weighted by atomic mass is 16.1. The lowest BCUT2D eigenvalue weighted by molar-refractivity contribution is -0.115. The Morgan fingerprint density at radius 3 is 2.25 bits per heavy atom. The highest BCUT2D eigenvalue weighted by molar-refractivity contribution is 5.95. The average molecular weight is 382 g/mol. The molecule has 2 nitrogen and oxygen atoms in total. The van der Waals surface area contributed by atoms with Crippen LogP contribution in [0, 0.1) is 28.1 Å². The third-order valence-corrected chi connectivity index (χ3v) is 9.54. The maximum absolute atomic E-state index is 12.4. The fraction of sp³-hybridized carbons (Fsp3) is 0.731. The van der Waals surface area contributed by atoms with Crippen LogP contribution in [0.4, 0.5) is 0 Å². The van der Waals surface area contributed by atoms with Gasteiger partial charge in [0.2, 0.25) is 0 Å². The number of hydrogen-bond donors (Lipinski definition) is 0. The van der Waals surface area contributed by atoms with Crippen LogP contribution in [0.2, 0.25) is 0 Å². The molecule has 1 saturated carbocycles. The van der Waals surface area contributed by atoms with Crippen LogP contribution in [0.5, 0.6) is 0 Å². The fourth-order valence-corrected chi connectivity index (χ4v) is 7.68. The molecule has 1 fully saturated rings. The Morgan fingerprint density at radius 1 is 0.964 bits per heavy atom. The van der Waals surface area contributed by atoms with Crippen LogP contribution >= 0.6 is 0 Å². The first kappa shape index (κ1) is 20.1. The molecule has 4 aliphatic rings. The number of Topliss-reactive ketones (excluding diaryl/α,β-unsaturated/α-hetero) is 1. The first-order chi connectivity index (χ1) is 13.0. The lowest BCUT2D eigenvalue weighted by atomic mass is 9.52. The van der Waals surface area contributed by atoms with Crippen molar-refractivity contribution in [2.45, 2.75) is 79.2 Å². The summed E-state index contributed by atoms with van der Waals surface area (Å²) in [7, 11) is 4.48. The molecular formula is C26H39NO. The second kappa shape index (κ2) is 6.42. The SMILES string of the molecule is CC(=O)C1=CC[C@@]2(C)[C@@H]3CC[C@@H]4C(=CC[C@H](N(C)C)C4(C)C)CC3=CC[C@]12C. The Labute approximate surface area is 172 Å². The number of allylic oxidation sites excluding steroid dienone is 5. The van der Waals surface area contributed by atoms with Crippen LogP contribution in [-0.4, -0.2) is 30.8 Å². The molecule has 5 atom stereocenters. The summed E-state index contributed by atoms with van der Waals surface area (Å²) in [5, 5.41) is 0. The van der Waals surface area contributed by atoms with E-state index in [-0.39, 0.29) is 16.6 Å². The molecule has 4 rings (SSSR count). The molecule has 0 bridgehead atoms.